The van der Waals surface area contributed by atoms with Crippen LogP contribution in [0.15, 0.2) is 42.5 Å². The van der Waals surface area contributed by atoms with Gasteiger partial charge in [-0.05, 0) is 74.4 Å². The minimum absolute atomic E-state index is 0.0747. The average Bonchev–Trinajstić information content (AvgIpc) is 2.89. The Bertz CT molecular complexity index is 1230. The highest BCUT2D eigenvalue weighted by Crippen LogP contribution is 2.26. The van der Waals surface area contributed by atoms with E-state index >= 15 is 0 Å². The Labute approximate surface area is 232 Å². The van der Waals surface area contributed by atoms with Crippen LogP contribution in [0.4, 0.5) is 10.1 Å². The minimum Gasteiger partial charge on any atom is -0.352 e. The zero-order valence-electron chi connectivity index (χ0n) is 23.6. The number of sulfonamides is 1. The topological polar surface area (TPSA) is 86.8 Å². The molecule has 2 aromatic rings. The van der Waals surface area contributed by atoms with Crippen LogP contribution in [-0.4, -0.2) is 50.0 Å². The van der Waals surface area contributed by atoms with Gasteiger partial charge in [-0.3, -0.25) is 13.9 Å². The number of hydrogen-bond donors (Lipinski definition) is 1. The Hall–Kier alpha value is -2.94. The number of rotatable bonds is 12. The smallest absolute Gasteiger partial charge is 0.243 e. The van der Waals surface area contributed by atoms with Gasteiger partial charge in [-0.15, -0.1) is 0 Å². The number of nitrogens with zero attached hydrogens (tertiary/aromatic N) is 2. The third kappa shape index (κ3) is 8.52. The molecule has 7 nitrogen and oxygen atoms in total. The van der Waals surface area contributed by atoms with Crippen molar-refractivity contribution in [1.82, 2.24) is 10.2 Å². The van der Waals surface area contributed by atoms with E-state index in [9.17, 15) is 22.4 Å². The summed E-state index contributed by atoms with van der Waals surface area (Å²) in [6, 6.07) is 10.9. The van der Waals surface area contributed by atoms with Crippen LogP contribution in [0, 0.1) is 19.7 Å². The number of aryl methyl sites for hydroxylation is 1. The molecule has 1 aliphatic carbocycles. The summed E-state index contributed by atoms with van der Waals surface area (Å²) in [5.74, 6) is -0.779. The average molecular weight is 560 g/mol. The van der Waals surface area contributed by atoms with Crippen LogP contribution in [0.25, 0.3) is 0 Å². The molecule has 0 unspecified atom stereocenters. The molecule has 0 heterocycles. The van der Waals surface area contributed by atoms with Gasteiger partial charge in [0.2, 0.25) is 21.8 Å². The quantitative estimate of drug-likeness (QED) is 0.385. The van der Waals surface area contributed by atoms with Crippen LogP contribution in [0.3, 0.4) is 0 Å². The summed E-state index contributed by atoms with van der Waals surface area (Å²) in [5, 5.41) is 3.15. The molecule has 0 spiro atoms. The Balaban J connectivity index is 1.77. The van der Waals surface area contributed by atoms with Crippen LogP contribution in [0.2, 0.25) is 0 Å². The van der Waals surface area contributed by atoms with E-state index in [1.54, 1.807) is 23.1 Å². The van der Waals surface area contributed by atoms with Gasteiger partial charge in [-0.2, -0.15) is 0 Å². The number of nitrogens with one attached hydrogen (secondary N) is 1. The Kier molecular flexibility index (Phi) is 10.9. The first-order valence-corrected chi connectivity index (χ1v) is 15.7. The standard InChI is InChI=1S/C30H42FN3O4S/c1-5-27(30(36)32-26-12-7-6-8-13-26)33(21-24-16-18-25(31)19-17-24)29(35)15-10-20-34(39(4,37)38)28-14-9-11-22(2)23(28)3/h9,11,14,16-19,26-27H,5-8,10,12-13,15,20-21H2,1-4H3,(H,32,36)/t27-/m1/s1. The molecule has 1 N–H and O–H groups in total. The van der Waals surface area contributed by atoms with E-state index < -0.39 is 16.1 Å². The lowest BCUT2D eigenvalue weighted by atomic mass is 9.95. The molecule has 39 heavy (non-hydrogen) atoms. The monoisotopic (exact) mass is 559 g/mol. The van der Waals surface area contributed by atoms with Gasteiger partial charge >= 0.3 is 0 Å². The van der Waals surface area contributed by atoms with Gasteiger partial charge in [0.05, 0.1) is 11.9 Å². The number of anilines is 1. The van der Waals surface area contributed by atoms with Gasteiger partial charge in [-0.25, -0.2) is 12.8 Å². The Morgan fingerprint density at radius 2 is 1.72 bits per heavy atom. The van der Waals surface area contributed by atoms with Crippen molar-refractivity contribution in [2.45, 2.75) is 90.8 Å². The first-order chi connectivity index (χ1) is 18.5. The fourth-order valence-corrected chi connectivity index (χ4v) is 6.25. The van der Waals surface area contributed by atoms with Gasteiger partial charge in [0.15, 0.2) is 0 Å². The highest BCUT2D eigenvalue weighted by Gasteiger charge is 2.30. The van der Waals surface area contributed by atoms with Gasteiger partial charge < -0.3 is 10.2 Å². The molecule has 0 bridgehead atoms. The first kappa shape index (κ1) is 30.6. The number of carbonyl (C=O) groups is 2. The van der Waals surface area contributed by atoms with E-state index in [-0.39, 0.29) is 43.2 Å². The molecule has 214 valence electrons. The Morgan fingerprint density at radius 3 is 2.33 bits per heavy atom. The number of benzene rings is 2. The lowest BCUT2D eigenvalue weighted by molar-refractivity contribution is -0.141. The summed E-state index contributed by atoms with van der Waals surface area (Å²) < 4.78 is 40.2. The van der Waals surface area contributed by atoms with Crippen molar-refractivity contribution in [3.8, 4) is 0 Å². The van der Waals surface area contributed by atoms with Crippen LogP contribution in [0.5, 0.6) is 0 Å². The summed E-state index contributed by atoms with van der Waals surface area (Å²) >= 11 is 0. The lowest BCUT2D eigenvalue weighted by Gasteiger charge is -2.33. The van der Waals surface area contributed by atoms with Crippen molar-refractivity contribution in [2.75, 3.05) is 17.1 Å². The van der Waals surface area contributed by atoms with E-state index in [0.29, 0.717) is 18.5 Å². The number of halogens is 1. The molecule has 3 rings (SSSR count). The fraction of sp³-hybridized carbons (Fsp3) is 0.533. The van der Waals surface area contributed by atoms with Gasteiger partial charge in [0, 0.05) is 25.6 Å². The SMILES string of the molecule is CC[C@H](C(=O)NC1CCCCC1)N(Cc1ccc(F)cc1)C(=O)CCCN(c1cccc(C)c1C)S(C)(=O)=O. The highest BCUT2D eigenvalue weighted by atomic mass is 32.2. The molecule has 2 amide bonds. The summed E-state index contributed by atoms with van der Waals surface area (Å²) in [5.41, 5.74) is 3.18. The van der Waals surface area contributed by atoms with Crippen LogP contribution < -0.4 is 9.62 Å². The second kappa shape index (κ2) is 13.9. The number of carbonyl (C=O) groups excluding carboxylic acids is 2. The maximum absolute atomic E-state index is 13.6. The molecular weight excluding hydrogens is 517 g/mol. The summed E-state index contributed by atoms with van der Waals surface area (Å²) in [6.07, 6.45) is 7.18. The van der Waals surface area contributed by atoms with Gasteiger partial charge in [0.25, 0.3) is 0 Å². The number of amides is 2. The summed E-state index contributed by atoms with van der Waals surface area (Å²) in [4.78, 5) is 28.5. The van der Waals surface area contributed by atoms with Crippen molar-refractivity contribution in [3.63, 3.8) is 0 Å². The van der Waals surface area contributed by atoms with E-state index in [2.05, 4.69) is 5.32 Å². The molecule has 2 aromatic carbocycles. The van der Waals surface area contributed by atoms with Gasteiger partial charge in [0.1, 0.15) is 11.9 Å². The fourth-order valence-electron chi connectivity index (χ4n) is 5.24. The molecule has 1 atom stereocenters. The molecule has 0 aromatic heterocycles. The minimum atomic E-state index is -3.57. The zero-order chi connectivity index (χ0) is 28.6. The molecule has 0 radical (unpaired) electrons. The predicted molar refractivity (Wildman–Crippen MR) is 153 cm³/mol. The van der Waals surface area contributed by atoms with Gasteiger partial charge in [-0.1, -0.05) is 50.5 Å². The lowest BCUT2D eigenvalue weighted by Crippen LogP contribution is -2.51. The van der Waals surface area contributed by atoms with Crippen LogP contribution >= 0.6 is 0 Å². The summed E-state index contributed by atoms with van der Waals surface area (Å²) in [6.45, 7) is 6.00. The van der Waals surface area contributed by atoms with Crippen molar-refractivity contribution >= 4 is 27.5 Å². The van der Waals surface area contributed by atoms with E-state index in [1.165, 1.54) is 29.1 Å². The molecule has 1 saturated carbocycles. The van der Waals surface area contributed by atoms with Crippen LogP contribution in [0.1, 0.15) is 75.0 Å². The second-order valence-corrected chi connectivity index (χ2v) is 12.5. The Morgan fingerprint density at radius 1 is 1.05 bits per heavy atom. The zero-order valence-corrected chi connectivity index (χ0v) is 24.4. The first-order valence-electron chi connectivity index (χ1n) is 13.9. The largest absolute Gasteiger partial charge is 0.352 e. The molecule has 1 aliphatic rings. The third-order valence-electron chi connectivity index (χ3n) is 7.60. The maximum atomic E-state index is 13.6. The maximum Gasteiger partial charge on any atom is 0.243 e. The highest BCUT2D eigenvalue weighted by molar-refractivity contribution is 7.92. The van der Waals surface area contributed by atoms with Crippen LogP contribution in [-0.2, 0) is 26.2 Å². The van der Waals surface area contributed by atoms with Crippen molar-refractivity contribution in [3.05, 3.63) is 65.0 Å². The van der Waals surface area contributed by atoms with Crippen molar-refractivity contribution in [1.29, 1.82) is 0 Å². The second-order valence-electron chi connectivity index (χ2n) is 10.6. The summed E-state index contributed by atoms with van der Waals surface area (Å²) in [7, 11) is -3.57. The molecule has 9 heteroatoms. The van der Waals surface area contributed by atoms with E-state index in [4.69, 9.17) is 0 Å². The van der Waals surface area contributed by atoms with E-state index in [0.717, 1.165) is 42.4 Å². The van der Waals surface area contributed by atoms with Crippen molar-refractivity contribution in [2.24, 2.45) is 0 Å². The van der Waals surface area contributed by atoms with E-state index in [1.807, 2.05) is 32.9 Å². The normalized spacial score (nSPS) is 15.0. The molecule has 0 saturated heterocycles. The molecular formula is C30H42FN3O4S. The molecule has 1 fully saturated rings. The third-order valence-corrected chi connectivity index (χ3v) is 8.78. The number of hydrogen-bond acceptors (Lipinski definition) is 4. The molecule has 0 aliphatic heterocycles. The van der Waals surface area contributed by atoms with Crippen molar-refractivity contribution < 1.29 is 22.4 Å². The predicted octanol–water partition coefficient (Wildman–Crippen LogP) is 5.25.